The Morgan fingerprint density at radius 3 is 2.65 bits per heavy atom. The van der Waals surface area contributed by atoms with Crippen LogP contribution in [-0.4, -0.2) is 35.6 Å². The maximum atomic E-state index is 11.8. The molecule has 1 aromatic rings. The molecule has 0 unspecified atom stereocenters. The van der Waals surface area contributed by atoms with Gasteiger partial charge in [0.25, 0.3) is 11.6 Å². The van der Waals surface area contributed by atoms with E-state index in [2.05, 4.69) is 5.32 Å². The first-order chi connectivity index (χ1) is 9.36. The van der Waals surface area contributed by atoms with Crippen molar-refractivity contribution >= 4 is 29.2 Å². The minimum atomic E-state index is -1.07. The van der Waals surface area contributed by atoms with Crippen LogP contribution in [0.15, 0.2) is 12.1 Å². The Kier molecular flexibility index (Phi) is 5.27. The van der Waals surface area contributed by atoms with E-state index in [0.29, 0.717) is 0 Å². The fourth-order valence-electron chi connectivity index (χ4n) is 1.41. The fourth-order valence-corrected chi connectivity index (χ4v) is 1.63. The molecule has 20 heavy (non-hydrogen) atoms. The molecule has 0 aliphatic rings. The van der Waals surface area contributed by atoms with Crippen LogP contribution in [0.3, 0.4) is 0 Å². The predicted octanol–water partition coefficient (Wildman–Crippen LogP) is 1.46. The van der Waals surface area contributed by atoms with E-state index in [1.54, 1.807) is 0 Å². The van der Waals surface area contributed by atoms with Crippen LogP contribution in [-0.2, 0) is 4.79 Å². The van der Waals surface area contributed by atoms with Crippen molar-refractivity contribution in [2.45, 2.75) is 6.42 Å². The Morgan fingerprint density at radius 2 is 2.15 bits per heavy atom. The second-order valence-corrected chi connectivity index (χ2v) is 4.07. The maximum Gasteiger partial charge on any atom is 0.305 e. The molecule has 0 aliphatic carbocycles. The first-order valence-corrected chi connectivity index (χ1v) is 5.76. The summed E-state index contributed by atoms with van der Waals surface area (Å²) in [4.78, 5) is 32.2. The quantitative estimate of drug-likeness (QED) is 0.606. The summed E-state index contributed by atoms with van der Waals surface area (Å²) >= 11 is 5.69. The minimum absolute atomic E-state index is 0.0634. The molecule has 0 fully saturated rings. The molecule has 1 amide bonds. The Labute approximate surface area is 118 Å². The summed E-state index contributed by atoms with van der Waals surface area (Å²) in [5.74, 6) is -1.68. The highest BCUT2D eigenvalue weighted by molar-refractivity contribution is 6.33. The summed E-state index contributed by atoms with van der Waals surface area (Å²) in [6.45, 7) is -0.103. The van der Waals surface area contributed by atoms with E-state index in [0.717, 1.165) is 12.1 Å². The average molecular weight is 303 g/mol. The average Bonchev–Trinajstić information content (AvgIpc) is 2.37. The predicted molar refractivity (Wildman–Crippen MR) is 69.2 cm³/mol. The van der Waals surface area contributed by atoms with Gasteiger partial charge in [0.2, 0.25) is 0 Å². The van der Waals surface area contributed by atoms with E-state index in [4.69, 9.17) is 21.4 Å². The van der Waals surface area contributed by atoms with E-state index in [1.165, 1.54) is 7.11 Å². The number of hydrogen-bond acceptors (Lipinski definition) is 5. The highest BCUT2D eigenvalue weighted by atomic mass is 35.5. The molecule has 8 nitrogen and oxygen atoms in total. The summed E-state index contributed by atoms with van der Waals surface area (Å²) in [6.07, 6.45) is -0.260. The molecular formula is C11H11ClN2O6. The Hall–Kier alpha value is -2.35. The van der Waals surface area contributed by atoms with Crippen LogP contribution in [0.4, 0.5) is 5.69 Å². The van der Waals surface area contributed by atoms with Crippen molar-refractivity contribution in [3.05, 3.63) is 32.8 Å². The van der Waals surface area contributed by atoms with E-state index in [-0.39, 0.29) is 29.3 Å². The third-order valence-corrected chi connectivity index (χ3v) is 2.64. The third kappa shape index (κ3) is 3.82. The minimum Gasteiger partial charge on any atom is -0.496 e. The molecule has 2 N–H and O–H groups in total. The lowest BCUT2D eigenvalue weighted by molar-refractivity contribution is -0.384. The molecule has 9 heteroatoms. The van der Waals surface area contributed by atoms with E-state index in [1.807, 2.05) is 0 Å². The molecule has 0 aliphatic heterocycles. The Morgan fingerprint density at radius 1 is 1.50 bits per heavy atom. The van der Waals surface area contributed by atoms with Gasteiger partial charge >= 0.3 is 5.97 Å². The number of nitrogens with zero attached hydrogens (tertiary/aromatic N) is 1. The highest BCUT2D eigenvalue weighted by Gasteiger charge is 2.21. The number of methoxy groups -OCH3 is 1. The number of nitrogens with one attached hydrogen (secondary N) is 1. The lowest BCUT2D eigenvalue weighted by atomic mass is 10.1. The smallest absolute Gasteiger partial charge is 0.305 e. The molecule has 0 radical (unpaired) electrons. The first kappa shape index (κ1) is 15.7. The van der Waals surface area contributed by atoms with Crippen molar-refractivity contribution in [1.82, 2.24) is 5.32 Å². The number of ether oxygens (including phenoxy) is 1. The molecule has 0 saturated heterocycles. The standard InChI is InChI=1S/C11H11ClN2O6/c1-20-9-5-7(12)8(14(18)19)4-6(9)11(17)13-3-2-10(15)16/h4-5H,2-3H2,1H3,(H,13,17)(H,15,16). The Bertz CT molecular complexity index is 560. The van der Waals surface area contributed by atoms with Gasteiger partial charge in [-0.15, -0.1) is 0 Å². The zero-order chi connectivity index (χ0) is 15.3. The number of halogens is 1. The van der Waals surface area contributed by atoms with Gasteiger partial charge in [0.15, 0.2) is 0 Å². The number of carbonyl (C=O) groups is 2. The summed E-state index contributed by atoms with van der Waals surface area (Å²) < 4.78 is 4.93. The van der Waals surface area contributed by atoms with Crippen molar-refractivity contribution in [2.75, 3.05) is 13.7 Å². The number of benzene rings is 1. The number of nitro benzene ring substituents is 1. The molecule has 0 atom stereocenters. The molecule has 1 rings (SSSR count). The lowest BCUT2D eigenvalue weighted by Crippen LogP contribution is -2.26. The maximum absolute atomic E-state index is 11.8. The molecule has 0 spiro atoms. The number of amides is 1. The van der Waals surface area contributed by atoms with E-state index < -0.39 is 22.5 Å². The monoisotopic (exact) mass is 302 g/mol. The van der Waals surface area contributed by atoms with Crippen LogP contribution in [0, 0.1) is 10.1 Å². The molecule has 0 aromatic heterocycles. The van der Waals surface area contributed by atoms with Crippen molar-refractivity contribution < 1.29 is 24.4 Å². The highest BCUT2D eigenvalue weighted by Crippen LogP contribution is 2.32. The molecule has 0 heterocycles. The second kappa shape index (κ2) is 6.71. The Balaban J connectivity index is 3.02. The van der Waals surface area contributed by atoms with Gasteiger partial charge in [0.05, 0.1) is 24.0 Å². The molecular weight excluding hydrogens is 292 g/mol. The van der Waals surface area contributed by atoms with Gasteiger partial charge in [-0.1, -0.05) is 11.6 Å². The number of carboxylic acids is 1. The number of carbonyl (C=O) groups excluding carboxylic acids is 1. The first-order valence-electron chi connectivity index (χ1n) is 5.38. The van der Waals surface area contributed by atoms with Gasteiger partial charge in [-0.25, -0.2) is 0 Å². The molecule has 0 bridgehead atoms. The van der Waals surface area contributed by atoms with Gasteiger partial charge < -0.3 is 15.2 Å². The van der Waals surface area contributed by atoms with Crippen LogP contribution in [0.25, 0.3) is 0 Å². The van der Waals surface area contributed by atoms with Crippen LogP contribution in [0.2, 0.25) is 5.02 Å². The second-order valence-electron chi connectivity index (χ2n) is 3.66. The molecule has 0 saturated carbocycles. The normalized spacial score (nSPS) is 9.90. The summed E-state index contributed by atoms with van der Waals surface area (Å²) in [5, 5.41) is 21.4. The van der Waals surface area contributed by atoms with E-state index >= 15 is 0 Å². The number of hydrogen-bond donors (Lipinski definition) is 2. The zero-order valence-electron chi connectivity index (χ0n) is 10.4. The van der Waals surface area contributed by atoms with Crippen LogP contribution >= 0.6 is 11.6 Å². The third-order valence-electron chi connectivity index (χ3n) is 2.33. The van der Waals surface area contributed by atoms with Crippen LogP contribution < -0.4 is 10.1 Å². The fraction of sp³-hybridized carbons (Fsp3) is 0.273. The molecule has 1 aromatic carbocycles. The van der Waals surface area contributed by atoms with Gasteiger partial charge in [-0.05, 0) is 0 Å². The number of rotatable bonds is 6. The van der Waals surface area contributed by atoms with Crippen LogP contribution in [0.5, 0.6) is 5.75 Å². The molecule has 108 valence electrons. The number of carboxylic acid groups (broad SMARTS) is 1. The summed E-state index contributed by atoms with van der Waals surface area (Å²) in [7, 11) is 1.28. The van der Waals surface area contributed by atoms with Crippen molar-refractivity contribution in [1.29, 1.82) is 0 Å². The summed E-state index contributed by atoms with van der Waals surface area (Å²) in [5.41, 5.74) is -0.523. The van der Waals surface area contributed by atoms with Gasteiger partial charge in [-0.2, -0.15) is 0 Å². The van der Waals surface area contributed by atoms with E-state index in [9.17, 15) is 19.7 Å². The van der Waals surface area contributed by atoms with Crippen molar-refractivity contribution in [3.8, 4) is 5.75 Å². The largest absolute Gasteiger partial charge is 0.496 e. The van der Waals surface area contributed by atoms with Gasteiger partial charge in [0.1, 0.15) is 10.8 Å². The van der Waals surface area contributed by atoms with Crippen molar-refractivity contribution in [3.63, 3.8) is 0 Å². The van der Waals surface area contributed by atoms with Crippen molar-refractivity contribution in [2.24, 2.45) is 0 Å². The zero-order valence-corrected chi connectivity index (χ0v) is 11.1. The van der Waals surface area contributed by atoms with Gasteiger partial charge in [-0.3, -0.25) is 19.7 Å². The number of aliphatic carboxylic acids is 1. The summed E-state index contributed by atoms with van der Waals surface area (Å²) in [6, 6.07) is 2.14. The van der Waals surface area contributed by atoms with Gasteiger partial charge in [0, 0.05) is 18.7 Å². The van der Waals surface area contributed by atoms with Crippen LogP contribution in [0.1, 0.15) is 16.8 Å². The lowest BCUT2D eigenvalue weighted by Gasteiger charge is -2.09. The number of nitro groups is 1. The SMILES string of the molecule is COc1cc(Cl)c([N+](=O)[O-])cc1C(=O)NCCC(=O)O. The topological polar surface area (TPSA) is 119 Å².